The predicted molar refractivity (Wildman–Crippen MR) is 78.8 cm³/mol. The topological polar surface area (TPSA) is 61.7 Å². The summed E-state index contributed by atoms with van der Waals surface area (Å²) in [6.45, 7) is 2.93. The van der Waals surface area contributed by atoms with Gasteiger partial charge in [0.1, 0.15) is 0 Å². The van der Waals surface area contributed by atoms with Crippen LogP contribution in [0.4, 0.5) is 5.95 Å². The molecule has 0 aliphatic rings. The lowest BCUT2D eigenvalue weighted by Gasteiger charge is -2.16. The molecule has 6 heteroatoms. The fourth-order valence-electron chi connectivity index (χ4n) is 2.33. The molecule has 2 aromatic heterocycles. The number of rotatable bonds is 3. The Balaban J connectivity index is 2.03. The van der Waals surface area contributed by atoms with Gasteiger partial charge in [-0.25, -0.2) is 9.97 Å². The molecule has 3 aromatic rings. The molecule has 1 unspecified atom stereocenters. The van der Waals surface area contributed by atoms with E-state index in [1.165, 1.54) is 0 Å². The van der Waals surface area contributed by atoms with Gasteiger partial charge in [0.25, 0.3) is 0 Å². The van der Waals surface area contributed by atoms with Crippen LogP contribution < -0.4 is 5.73 Å². The molecule has 1 aromatic carbocycles. The molecule has 2 heterocycles. The van der Waals surface area contributed by atoms with Gasteiger partial charge in [-0.1, -0.05) is 15.9 Å². The van der Waals surface area contributed by atoms with Crippen molar-refractivity contribution in [3.05, 3.63) is 41.4 Å². The molecule has 0 fully saturated rings. The van der Waals surface area contributed by atoms with Crippen molar-refractivity contribution in [2.45, 2.75) is 19.5 Å². The number of aromatic nitrogens is 4. The zero-order chi connectivity index (χ0) is 13.4. The Morgan fingerprint density at radius 1 is 1.42 bits per heavy atom. The van der Waals surface area contributed by atoms with Crippen molar-refractivity contribution in [3.8, 4) is 0 Å². The maximum atomic E-state index is 6.04. The third-order valence-electron chi connectivity index (χ3n) is 3.15. The van der Waals surface area contributed by atoms with E-state index in [0.717, 1.165) is 22.1 Å². The van der Waals surface area contributed by atoms with Crippen LogP contribution in [0.1, 0.15) is 13.0 Å². The summed E-state index contributed by atoms with van der Waals surface area (Å²) < 4.78 is 5.12. The highest BCUT2D eigenvalue weighted by molar-refractivity contribution is 9.10. The number of nitrogens with two attached hydrogens (primary N) is 1. The van der Waals surface area contributed by atoms with Gasteiger partial charge >= 0.3 is 0 Å². The second-order valence-electron chi connectivity index (χ2n) is 4.58. The van der Waals surface area contributed by atoms with E-state index >= 15 is 0 Å². The first-order valence-electron chi connectivity index (χ1n) is 6.04. The van der Waals surface area contributed by atoms with Gasteiger partial charge in [-0.2, -0.15) is 0 Å². The van der Waals surface area contributed by atoms with E-state index < -0.39 is 0 Å². The molecule has 5 nitrogen and oxygen atoms in total. The van der Waals surface area contributed by atoms with Crippen LogP contribution >= 0.6 is 15.9 Å². The van der Waals surface area contributed by atoms with E-state index in [1.807, 2.05) is 35.3 Å². The van der Waals surface area contributed by atoms with Gasteiger partial charge in [0.2, 0.25) is 5.95 Å². The van der Waals surface area contributed by atoms with Gasteiger partial charge in [0.05, 0.1) is 23.4 Å². The third kappa shape index (κ3) is 2.23. The van der Waals surface area contributed by atoms with E-state index in [9.17, 15) is 0 Å². The number of imidazole rings is 2. The minimum absolute atomic E-state index is 0.202. The summed E-state index contributed by atoms with van der Waals surface area (Å²) in [4.78, 5) is 8.45. The van der Waals surface area contributed by atoms with Gasteiger partial charge in [-0.05, 0) is 25.1 Å². The first kappa shape index (κ1) is 12.2. The molecule has 0 aliphatic carbocycles. The molecular weight excluding hydrogens is 306 g/mol. The number of anilines is 1. The van der Waals surface area contributed by atoms with Crippen LogP contribution in [-0.4, -0.2) is 19.1 Å². The average molecular weight is 320 g/mol. The van der Waals surface area contributed by atoms with Crippen molar-refractivity contribution in [2.75, 3.05) is 5.73 Å². The van der Waals surface area contributed by atoms with E-state index in [0.29, 0.717) is 5.95 Å². The zero-order valence-electron chi connectivity index (χ0n) is 10.5. The van der Waals surface area contributed by atoms with E-state index in [4.69, 9.17) is 5.73 Å². The molecule has 3 rings (SSSR count). The van der Waals surface area contributed by atoms with E-state index in [-0.39, 0.29) is 6.04 Å². The van der Waals surface area contributed by atoms with Gasteiger partial charge in [-0.3, -0.25) is 0 Å². The molecule has 0 amide bonds. The quantitative estimate of drug-likeness (QED) is 0.807. The van der Waals surface area contributed by atoms with Crippen LogP contribution in [0.3, 0.4) is 0 Å². The Kier molecular flexibility index (Phi) is 3.02. The number of hydrogen-bond acceptors (Lipinski definition) is 3. The third-order valence-corrected chi connectivity index (χ3v) is 3.65. The first-order valence-corrected chi connectivity index (χ1v) is 6.83. The molecule has 0 spiro atoms. The Morgan fingerprint density at radius 3 is 3.00 bits per heavy atom. The minimum atomic E-state index is 0.202. The molecular formula is C13H14BrN5. The number of halogens is 1. The van der Waals surface area contributed by atoms with Gasteiger partial charge in [-0.15, -0.1) is 0 Å². The lowest BCUT2D eigenvalue weighted by atomic mass is 10.2. The van der Waals surface area contributed by atoms with E-state index in [1.54, 1.807) is 6.20 Å². The first-order chi connectivity index (χ1) is 9.15. The largest absolute Gasteiger partial charge is 0.369 e. The maximum absolute atomic E-state index is 6.04. The molecule has 0 saturated carbocycles. The zero-order valence-corrected chi connectivity index (χ0v) is 12.1. The van der Waals surface area contributed by atoms with Gasteiger partial charge in [0, 0.05) is 23.4 Å². The summed E-state index contributed by atoms with van der Waals surface area (Å²) in [6, 6.07) is 6.19. The van der Waals surface area contributed by atoms with Crippen molar-refractivity contribution in [1.82, 2.24) is 19.1 Å². The summed E-state index contributed by atoms with van der Waals surface area (Å²) in [5.74, 6) is 0.542. The monoisotopic (exact) mass is 319 g/mol. The van der Waals surface area contributed by atoms with Crippen LogP contribution in [0.25, 0.3) is 11.0 Å². The smallest absolute Gasteiger partial charge is 0.201 e. The lowest BCUT2D eigenvalue weighted by molar-refractivity contribution is 0.479. The minimum Gasteiger partial charge on any atom is -0.369 e. The van der Waals surface area contributed by atoms with Crippen LogP contribution in [0, 0.1) is 0 Å². The van der Waals surface area contributed by atoms with Crippen molar-refractivity contribution in [3.63, 3.8) is 0 Å². The Morgan fingerprint density at radius 2 is 2.26 bits per heavy atom. The second kappa shape index (κ2) is 4.70. The molecule has 0 radical (unpaired) electrons. The summed E-state index contributed by atoms with van der Waals surface area (Å²) in [5, 5.41) is 0. The highest BCUT2D eigenvalue weighted by Gasteiger charge is 2.14. The summed E-state index contributed by atoms with van der Waals surface area (Å²) in [6.07, 6.45) is 5.53. The normalized spacial score (nSPS) is 12.9. The number of hydrogen-bond donors (Lipinski definition) is 1. The standard InChI is InChI=1S/C13H14BrN5/c1-9(7-18-5-4-16-8-18)19-12-6-10(14)2-3-11(12)17-13(19)15/h2-6,8-9H,7H2,1H3,(H2,15,17). The molecule has 0 saturated heterocycles. The number of fused-ring (bicyclic) bond motifs is 1. The van der Waals surface area contributed by atoms with Crippen molar-refractivity contribution in [1.29, 1.82) is 0 Å². The summed E-state index contributed by atoms with van der Waals surface area (Å²) >= 11 is 3.49. The molecule has 19 heavy (non-hydrogen) atoms. The molecule has 0 aliphatic heterocycles. The Bertz CT molecular complexity index is 701. The van der Waals surface area contributed by atoms with Crippen LogP contribution in [0.2, 0.25) is 0 Å². The van der Waals surface area contributed by atoms with Crippen molar-refractivity contribution in [2.24, 2.45) is 0 Å². The fraction of sp³-hybridized carbons (Fsp3) is 0.231. The maximum Gasteiger partial charge on any atom is 0.201 e. The highest BCUT2D eigenvalue weighted by Crippen LogP contribution is 2.26. The Hall–Kier alpha value is -1.82. The SMILES string of the molecule is CC(Cn1ccnc1)n1c(N)nc2ccc(Br)cc21. The van der Waals surface area contributed by atoms with Gasteiger partial charge < -0.3 is 14.9 Å². The van der Waals surface area contributed by atoms with Crippen molar-refractivity contribution < 1.29 is 0 Å². The second-order valence-corrected chi connectivity index (χ2v) is 5.50. The summed E-state index contributed by atoms with van der Waals surface area (Å²) in [5.41, 5.74) is 8.00. The fourth-order valence-corrected chi connectivity index (χ4v) is 2.68. The summed E-state index contributed by atoms with van der Waals surface area (Å²) in [7, 11) is 0. The molecule has 0 bridgehead atoms. The van der Waals surface area contributed by atoms with Crippen LogP contribution in [-0.2, 0) is 6.54 Å². The van der Waals surface area contributed by atoms with E-state index in [2.05, 4.69) is 37.4 Å². The van der Waals surface area contributed by atoms with Crippen molar-refractivity contribution >= 4 is 32.9 Å². The average Bonchev–Trinajstić information content (AvgIpc) is 2.95. The number of benzene rings is 1. The molecule has 2 N–H and O–H groups in total. The van der Waals surface area contributed by atoms with Gasteiger partial charge in [0.15, 0.2) is 0 Å². The predicted octanol–water partition coefficient (Wildman–Crippen LogP) is 2.84. The number of nitrogen functional groups attached to an aromatic ring is 1. The Labute approximate surface area is 119 Å². The molecule has 1 atom stereocenters. The lowest BCUT2D eigenvalue weighted by Crippen LogP contribution is -2.14. The highest BCUT2D eigenvalue weighted by atomic mass is 79.9. The van der Waals surface area contributed by atoms with Crippen LogP contribution in [0.15, 0.2) is 41.4 Å². The number of nitrogens with zero attached hydrogens (tertiary/aromatic N) is 4. The molecule has 98 valence electrons. The van der Waals surface area contributed by atoms with Crippen LogP contribution in [0.5, 0.6) is 0 Å².